The number of ether oxygens (including phenoxy) is 1. The van der Waals surface area contributed by atoms with Gasteiger partial charge in [0.1, 0.15) is 5.75 Å². The number of imide groups is 1. The minimum Gasteiger partial charge on any atom is -0.481 e. The maximum Gasteiger partial charge on any atom is 0.416 e. The van der Waals surface area contributed by atoms with Crippen molar-refractivity contribution in [1.82, 2.24) is 5.32 Å². The van der Waals surface area contributed by atoms with Crippen LogP contribution in [0.4, 0.5) is 18.0 Å². The molecular weight excluding hydrogens is 265 g/mol. The number of alkyl halides is 3. The second-order valence-electron chi connectivity index (χ2n) is 3.64. The van der Waals surface area contributed by atoms with Crippen LogP contribution in [0.3, 0.4) is 0 Å². The van der Waals surface area contributed by atoms with Crippen LogP contribution in [0.15, 0.2) is 24.3 Å². The second kappa shape index (κ2) is 5.59. The quantitative estimate of drug-likeness (QED) is 0.881. The van der Waals surface area contributed by atoms with Gasteiger partial charge in [-0.25, -0.2) is 4.79 Å². The summed E-state index contributed by atoms with van der Waals surface area (Å²) in [5, 5.41) is 1.79. The molecule has 1 atom stereocenters. The first-order valence-electron chi connectivity index (χ1n) is 5.14. The number of carbonyl (C=O) groups is 2. The third-order valence-electron chi connectivity index (χ3n) is 2.11. The number of urea groups is 1. The normalized spacial score (nSPS) is 12.6. The largest absolute Gasteiger partial charge is 0.481 e. The Bertz CT molecular complexity index is 471. The summed E-state index contributed by atoms with van der Waals surface area (Å²) in [5.41, 5.74) is 3.92. The summed E-state index contributed by atoms with van der Waals surface area (Å²) >= 11 is 0. The third-order valence-corrected chi connectivity index (χ3v) is 2.11. The number of halogens is 3. The van der Waals surface area contributed by atoms with Crippen molar-refractivity contribution in [3.8, 4) is 5.75 Å². The Labute approximate surface area is 106 Å². The molecule has 1 aromatic carbocycles. The zero-order valence-corrected chi connectivity index (χ0v) is 9.82. The molecule has 5 nitrogen and oxygen atoms in total. The first kappa shape index (κ1) is 14.8. The maximum atomic E-state index is 12.3. The predicted octanol–water partition coefficient (Wildman–Crippen LogP) is 1.67. The molecule has 0 aliphatic rings. The molecule has 8 heteroatoms. The summed E-state index contributed by atoms with van der Waals surface area (Å²) in [6, 6.07) is 2.78. The Kier molecular flexibility index (Phi) is 4.36. The van der Waals surface area contributed by atoms with Gasteiger partial charge in [0.2, 0.25) is 0 Å². The van der Waals surface area contributed by atoms with Crippen LogP contribution in [0, 0.1) is 0 Å². The number of hydrogen-bond donors (Lipinski definition) is 2. The van der Waals surface area contributed by atoms with Crippen molar-refractivity contribution in [1.29, 1.82) is 0 Å². The molecule has 0 spiro atoms. The van der Waals surface area contributed by atoms with E-state index in [2.05, 4.69) is 0 Å². The lowest BCUT2D eigenvalue weighted by atomic mass is 10.2. The summed E-state index contributed by atoms with van der Waals surface area (Å²) in [7, 11) is 0. The number of nitrogens with two attached hydrogens (primary N) is 1. The van der Waals surface area contributed by atoms with Gasteiger partial charge in [-0.3, -0.25) is 10.1 Å². The fourth-order valence-electron chi connectivity index (χ4n) is 1.20. The third kappa shape index (κ3) is 4.49. The summed E-state index contributed by atoms with van der Waals surface area (Å²) < 4.78 is 41.9. The first-order chi connectivity index (χ1) is 8.70. The first-order valence-corrected chi connectivity index (χ1v) is 5.14. The van der Waals surface area contributed by atoms with E-state index >= 15 is 0 Å². The molecule has 0 saturated carbocycles. The van der Waals surface area contributed by atoms with Gasteiger partial charge in [-0.15, -0.1) is 0 Å². The van der Waals surface area contributed by atoms with Gasteiger partial charge in [0.15, 0.2) is 6.10 Å². The van der Waals surface area contributed by atoms with Gasteiger partial charge in [0.25, 0.3) is 5.91 Å². The van der Waals surface area contributed by atoms with E-state index < -0.39 is 29.8 Å². The molecule has 0 heterocycles. The van der Waals surface area contributed by atoms with Gasteiger partial charge < -0.3 is 10.5 Å². The molecule has 19 heavy (non-hydrogen) atoms. The highest BCUT2D eigenvalue weighted by Gasteiger charge is 2.30. The highest BCUT2D eigenvalue weighted by Crippen LogP contribution is 2.30. The number of amides is 3. The molecule has 0 aliphatic carbocycles. The molecule has 0 aliphatic heterocycles. The van der Waals surface area contributed by atoms with Crippen LogP contribution in [0.1, 0.15) is 12.5 Å². The lowest BCUT2D eigenvalue weighted by molar-refractivity contribution is -0.137. The molecule has 0 bridgehead atoms. The van der Waals surface area contributed by atoms with Crippen LogP contribution in [-0.4, -0.2) is 18.0 Å². The zero-order chi connectivity index (χ0) is 14.6. The van der Waals surface area contributed by atoms with Crippen LogP contribution < -0.4 is 15.8 Å². The molecule has 0 radical (unpaired) electrons. The molecule has 0 aromatic heterocycles. The summed E-state index contributed by atoms with van der Waals surface area (Å²) in [4.78, 5) is 21.7. The fraction of sp³-hybridized carbons (Fsp3) is 0.273. The lowest BCUT2D eigenvalue weighted by Gasteiger charge is -2.14. The smallest absolute Gasteiger partial charge is 0.416 e. The Morgan fingerprint density at radius 3 is 2.21 bits per heavy atom. The van der Waals surface area contributed by atoms with Crippen LogP contribution in [0.25, 0.3) is 0 Å². The van der Waals surface area contributed by atoms with Crippen molar-refractivity contribution in [2.24, 2.45) is 5.73 Å². The Balaban J connectivity index is 2.68. The standard InChI is InChI=1S/C11H11F3N2O3/c1-6(9(17)16-10(15)18)19-8-4-2-7(3-5-8)11(12,13)14/h2-6H,1H3,(H3,15,16,17,18)/t6-/m0/s1. The molecule has 1 rings (SSSR count). The average Bonchev–Trinajstić information content (AvgIpc) is 2.27. The fourth-order valence-corrected chi connectivity index (χ4v) is 1.20. The van der Waals surface area contributed by atoms with Crippen molar-refractivity contribution in [3.05, 3.63) is 29.8 Å². The number of benzene rings is 1. The molecule has 0 unspecified atom stereocenters. The molecule has 104 valence electrons. The van der Waals surface area contributed by atoms with Crippen molar-refractivity contribution in [2.45, 2.75) is 19.2 Å². The topological polar surface area (TPSA) is 81.4 Å². The average molecular weight is 276 g/mol. The van der Waals surface area contributed by atoms with Crippen molar-refractivity contribution >= 4 is 11.9 Å². The van der Waals surface area contributed by atoms with Crippen molar-refractivity contribution in [3.63, 3.8) is 0 Å². The van der Waals surface area contributed by atoms with Gasteiger partial charge in [-0.2, -0.15) is 13.2 Å². The van der Waals surface area contributed by atoms with Crippen LogP contribution in [0.5, 0.6) is 5.75 Å². The van der Waals surface area contributed by atoms with E-state index in [0.717, 1.165) is 24.3 Å². The van der Waals surface area contributed by atoms with Crippen LogP contribution >= 0.6 is 0 Å². The van der Waals surface area contributed by atoms with E-state index in [9.17, 15) is 22.8 Å². The maximum absolute atomic E-state index is 12.3. The minimum atomic E-state index is -4.44. The highest BCUT2D eigenvalue weighted by atomic mass is 19.4. The molecular formula is C11H11F3N2O3. The predicted molar refractivity (Wildman–Crippen MR) is 59.3 cm³/mol. The van der Waals surface area contributed by atoms with Crippen molar-refractivity contribution in [2.75, 3.05) is 0 Å². The number of rotatable bonds is 3. The van der Waals surface area contributed by atoms with Crippen LogP contribution in [0.2, 0.25) is 0 Å². The summed E-state index contributed by atoms with van der Waals surface area (Å²) in [5.74, 6) is -0.715. The van der Waals surface area contributed by atoms with Gasteiger partial charge >= 0.3 is 12.2 Å². The molecule has 3 N–H and O–H groups in total. The number of primary amides is 1. The summed E-state index contributed by atoms with van der Waals surface area (Å²) in [6.45, 7) is 1.33. The molecule has 1 aromatic rings. The Hall–Kier alpha value is -2.25. The number of hydrogen-bond acceptors (Lipinski definition) is 3. The van der Waals surface area contributed by atoms with Crippen molar-refractivity contribution < 1.29 is 27.5 Å². The van der Waals surface area contributed by atoms with Gasteiger partial charge in [-0.1, -0.05) is 0 Å². The summed E-state index contributed by atoms with van der Waals surface area (Å²) in [6.07, 6.45) is -5.50. The second-order valence-corrected chi connectivity index (χ2v) is 3.64. The van der Waals surface area contributed by atoms with Gasteiger partial charge in [0, 0.05) is 0 Å². The van der Waals surface area contributed by atoms with E-state index in [1.165, 1.54) is 6.92 Å². The van der Waals surface area contributed by atoms with E-state index in [1.807, 2.05) is 0 Å². The Morgan fingerprint density at radius 2 is 1.79 bits per heavy atom. The Morgan fingerprint density at radius 1 is 1.26 bits per heavy atom. The van der Waals surface area contributed by atoms with E-state index in [4.69, 9.17) is 10.5 Å². The number of carbonyl (C=O) groups excluding carboxylic acids is 2. The SMILES string of the molecule is C[C@H](Oc1ccc(C(F)(F)F)cc1)C(=O)NC(N)=O. The van der Waals surface area contributed by atoms with Gasteiger partial charge in [-0.05, 0) is 31.2 Å². The molecule has 3 amide bonds. The zero-order valence-electron chi connectivity index (χ0n) is 9.82. The number of nitrogens with one attached hydrogen (secondary N) is 1. The van der Waals surface area contributed by atoms with E-state index in [1.54, 1.807) is 5.32 Å². The molecule has 0 fully saturated rings. The van der Waals surface area contributed by atoms with E-state index in [0.29, 0.717) is 0 Å². The van der Waals surface area contributed by atoms with E-state index in [-0.39, 0.29) is 5.75 Å². The minimum absolute atomic E-state index is 0.0696. The van der Waals surface area contributed by atoms with Crippen LogP contribution in [-0.2, 0) is 11.0 Å². The lowest BCUT2D eigenvalue weighted by Crippen LogP contribution is -2.42. The monoisotopic (exact) mass is 276 g/mol. The highest BCUT2D eigenvalue weighted by molar-refractivity contribution is 5.95. The molecule has 0 saturated heterocycles. The van der Waals surface area contributed by atoms with Gasteiger partial charge in [0.05, 0.1) is 5.56 Å².